The zero-order valence-electron chi connectivity index (χ0n) is 12.1. The Kier molecular flexibility index (Phi) is 12.1. The van der Waals surface area contributed by atoms with E-state index in [-0.39, 0.29) is 24.0 Å². The number of aliphatic carboxylic acids is 1. The summed E-state index contributed by atoms with van der Waals surface area (Å²) >= 11 is 0. The molecule has 2 N–H and O–H groups in total. The topological polar surface area (TPSA) is 88.3 Å². The van der Waals surface area contributed by atoms with Gasteiger partial charge in [-0.1, -0.05) is 0 Å². The molecule has 7 heteroatoms. The SMILES string of the molecule is CC(=O)[O-].C[n+]1cccc(O)c1.C[n+]1cccc(O)c1.[I-]. The molecule has 21 heavy (non-hydrogen) atoms. The van der Waals surface area contributed by atoms with Gasteiger partial charge in [0.2, 0.25) is 12.4 Å². The molecule has 0 aliphatic rings. The molecule has 0 amide bonds. The van der Waals surface area contributed by atoms with E-state index in [1.54, 1.807) is 45.8 Å². The second kappa shape index (κ2) is 11.9. The predicted molar refractivity (Wildman–Crippen MR) is 69.2 cm³/mol. The summed E-state index contributed by atoms with van der Waals surface area (Å²) in [5.41, 5.74) is 0. The van der Waals surface area contributed by atoms with Crippen LogP contribution in [0.2, 0.25) is 0 Å². The van der Waals surface area contributed by atoms with Gasteiger partial charge in [0.1, 0.15) is 14.1 Å². The van der Waals surface area contributed by atoms with Gasteiger partial charge in [-0.05, 0) is 19.1 Å². The minimum Gasteiger partial charge on any atom is -1.00 e. The van der Waals surface area contributed by atoms with Crippen molar-refractivity contribution in [3.63, 3.8) is 0 Å². The number of rotatable bonds is 0. The molecule has 0 aromatic carbocycles. The van der Waals surface area contributed by atoms with Crippen LogP contribution in [0.4, 0.5) is 0 Å². The van der Waals surface area contributed by atoms with Gasteiger partial charge in [0.15, 0.2) is 23.9 Å². The predicted octanol–water partition coefficient (Wildman–Crippen LogP) is -3.81. The maximum atomic E-state index is 8.89. The zero-order valence-corrected chi connectivity index (χ0v) is 14.3. The first kappa shape index (κ1) is 21.4. The second-order valence-corrected chi connectivity index (χ2v) is 3.95. The summed E-state index contributed by atoms with van der Waals surface area (Å²) in [6, 6.07) is 6.85. The molecule has 116 valence electrons. The third-order valence-corrected chi connectivity index (χ3v) is 1.85. The molecule has 0 atom stereocenters. The Labute approximate surface area is 141 Å². The van der Waals surface area contributed by atoms with Crippen LogP contribution in [0.1, 0.15) is 6.92 Å². The summed E-state index contributed by atoms with van der Waals surface area (Å²) in [4.78, 5) is 8.89. The standard InChI is InChI=1S/2C6H7NO.C2H4O2.HI/c2*1-7-4-2-3-6(8)5-7;1-2(3)4;/h2*2-5H,1H3;1H3,(H,3,4);1H. The highest BCUT2D eigenvalue weighted by Crippen LogP contribution is 1.99. The molecule has 0 fully saturated rings. The van der Waals surface area contributed by atoms with Crippen molar-refractivity contribution in [3.8, 4) is 11.5 Å². The van der Waals surface area contributed by atoms with Gasteiger partial charge >= 0.3 is 0 Å². The maximum Gasteiger partial charge on any atom is 0.210 e. The van der Waals surface area contributed by atoms with Gasteiger partial charge in [-0.15, -0.1) is 0 Å². The number of halogens is 1. The lowest BCUT2D eigenvalue weighted by Crippen LogP contribution is -3.00. The van der Waals surface area contributed by atoms with E-state index in [1.807, 2.05) is 26.5 Å². The van der Waals surface area contributed by atoms with Crippen molar-refractivity contribution < 1.29 is 53.2 Å². The molecule has 0 radical (unpaired) electrons. The fraction of sp³-hybridized carbons (Fsp3) is 0.214. The van der Waals surface area contributed by atoms with Crippen molar-refractivity contribution in [2.24, 2.45) is 14.1 Å². The number of pyridine rings is 2. The summed E-state index contributed by atoms with van der Waals surface area (Å²) in [6.45, 7) is 0.972. The Morgan fingerprint density at radius 2 is 1.29 bits per heavy atom. The normalized spacial score (nSPS) is 8.14. The van der Waals surface area contributed by atoms with Crippen molar-refractivity contribution in [1.82, 2.24) is 0 Å². The van der Waals surface area contributed by atoms with Crippen molar-refractivity contribution in [3.05, 3.63) is 49.1 Å². The molecular formula is C14H19IN2O4. The van der Waals surface area contributed by atoms with E-state index in [0.717, 1.165) is 6.92 Å². The van der Waals surface area contributed by atoms with Gasteiger partial charge < -0.3 is 44.1 Å². The van der Waals surface area contributed by atoms with E-state index in [4.69, 9.17) is 20.1 Å². The summed E-state index contributed by atoms with van der Waals surface area (Å²) in [5.74, 6) is -0.481. The van der Waals surface area contributed by atoms with E-state index in [2.05, 4.69) is 0 Å². The number of hydrogen-bond donors (Lipinski definition) is 2. The van der Waals surface area contributed by atoms with E-state index in [0.29, 0.717) is 11.5 Å². The van der Waals surface area contributed by atoms with Crippen LogP contribution in [0, 0.1) is 0 Å². The largest absolute Gasteiger partial charge is 1.00 e. The Morgan fingerprint density at radius 3 is 1.43 bits per heavy atom. The molecule has 0 saturated carbocycles. The molecule has 2 aromatic rings. The summed E-state index contributed by atoms with van der Waals surface area (Å²) in [7, 11) is 3.72. The Bertz CT molecular complexity index is 468. The number of aryl methyl sites for hydroxylation is 2. The molecular weight excluding hydrogens is 387 g/mol. The number of aromatic nitrogens is 2. The molecule has 2 heterocycles. The molecule has 0 aliphatic heterocycles. The van der Waals surface area contributed by atoms with Crippen LogP contribution in [-0.2, 0) is 18.9 Å². The number of carboxylic acids is 1. The molecule has 2 aromatic heterocycles. The first-order chi connectivity index (χ1) is 9.31. The fourth-order valence-electron chi connectivity index (χ4n) is 1.14. The van der Waals surface area contributed by atoms with Crippen molar-refractivity contribution in [2.75, 3.05) is 0 Å². The Balaban J connectivity index is 0. The van der Waals surface area contributed by atoms with E-state index in [1.165, 1.54) is 0 Å². The zero-order chi connectivity index (χ0) is 15.5. The average Bonchev–Trinajstić information content (AvgIpc) is 2.28. The van der Waals surface area contributed by atoms with E-state index < -0.39 is 5.97 Å². The van der Waals surface area contributed by atoms with Crippen LogP contribution in [0.5, 0.6) is 11.5 Å². The highest BCUT2D eigenvalue weighted by atomic mass is 127. The first-order valence-corrected chi connectivity index (χ1v) is 5.77. The molecule has 2 rings (SSSR count). The average molecular weight is 406 g/mol. The number of carbonyl (C=O) groups excluding carboxylic acids is 1. The summed E-state index contributed by atoms with van der Waals surface area (Å²) in [6.07, 6.45) is 7.00. The van der Waals surface area contributed by atoms with Crippen LogP contribution >= 0.6 is 0 Å². The highest BCUT2D eigenvalue weighted by molar-refractivity contribution is 5.60. The molecule has 6 nitrogen and oxygen atoms in total. The van der Waals surface area contributed by atoms with E-state index in [9.17, 15) is 0 Å². The molecule has 0 unspecified atom stereocenters. The van der Waals surface area contributed by atoms with Gasteiger partial charge in [-0.3, -0.25) is 0 Å². The number of carbonyl (C=O) groups is 1. The second-order valence-electron chi connectivity index (χ2n) is 3.95. The first-order valence-electron chi connectivity index (χ1n) is 5.77. The molecule has 0 saturated heterocycles. The van der Waals surface area contributed by atoms with Crippen molar-refractivity contribution in [2.45, 2.75) is 6.92 Å². The smallest absolute Gasteiger partial charge is 0.210 e. The van der Waals surface area contributed by atoms with Crippen LogP contribution in [0.25, 0.3) is 0 Å². The lowest BCUT2D eigenvalue weighted by atomic mass is 10.5. The fourth-order valence-corrected chi connectivity index (χ4v) is 1.14. The minimum atomic E-state index is -1.08. The molecule has 0 spiro atoms. The van der Waals surface area contributed by atoms with Crippen LogP contribution in [-0.4, -0.2) is 16.2 Å². The van der Waals surface area contributed by atoms with Crippen molar-refractivity contribution >= 4 is 5.97 Å². The molecule has 0 aliphatic carbocycles. The van der Waals surface area contributed by atoms with Gasteiger partial charge in [0, 0.05) is 18.1 Å². The highest BCUT2D eigenvalue weighted by Gasteiger charge is 1.90. The van der Waals surface area contributed by atoms with Crippen LogP contribution in [0.3, 0.4) is 0 Å². The molecule has 0 bridgehead atoms. The number of aromatic hydroxyl groups is 2. The minimum absolute atomic E-state index is 0. The Morgan fingerprint density at radius 1 is 1.00 bits per heavy atom. The lowest BCUT2D eigenvalue weighted by Gasteiger charge is -1.84. The lowest BCUT2D eigenvalue weighted by molar-refractivity contribution is -0.671. The van der Waals surface area contributed by atoms with Gasteiger partial charge in [-0.2, -0.15) is 0 Å². The van der Waals surface area contributed by atoms with E-state index >= 15 is 0 Å². The quantitative estimate of drug-likeness (QED) is 0.347. The summed E-state index contributed by atoms with van der Waals surface area (Å²) in [5, 5.41) is 26.5. The monoisotopic (exact) mass is 406 g/mol. The van der Waals surface area contributed by atoms with Gasteiger partial charge in [0.25, 0.3) is 0 Å². The number of nitrogens with zero attached hydrogens (tertiary/aromatic N) is 2. The summed E-state index contributed by atoms with van der Waals surface area (Å²) < 4.78 is 3.57. The number of hydrogen-bond acceptors (Lipinski definition) is 4. The van der Waals surface area contributed by atoms with Crippen LogP contribution in [0.15, 0.2) is 49.1 Å². The van der Waals surface area contributed by atoms with Crippen LogP contribution < -0.4 is 38.2 Å². The Hall–Kier alpha value is -1.90. The van der Waals surface area contributed by atoms with Gasteiger partial charge in [-0.25, -0.2) is 9.13 Å². The third-order valence-electron chi connectivity index (χ3n) is 1.85. The third kappa shape index (κ3) is 14.3. The van der Waals surface area contributed by atoms with Gasteiger partial charge in [0.05, 0.1) is 0 Å². The number of carboxylic acid groups (broad SMARTS) is 1. The van der Waals surface area contributed by atoms with Crippen molar-refractivity contribution in [1.29, 1.82) is 0 Å². The maximum absolute atomic E-state index is 8.89.